The molecule has 1 spiro atoms. The quantitative estimate of drug-likeness (QED) is 0.947. The second-order valence-corrected chi connectivity index (χ2v) is 6.95. The molecular weight excluding hydrogens is 276 g/mol. The predicted octanol–water partition coefficient (Wildman–Crippen LogP) is 2.91. The Labute approximate surface area is 130 Å². The van der Waals surface area contributed by atoms with Crippen molar-refractivity contribution in [1.82, 2.24) is 9.88 Å². The van der Waals surface area contributed by atoms with E-state index in [-0.39, 0.29) is 17.2 Å². The lowest BCUT2D eigenvalue weighted by Crippen LogP contribution is -2.58. The molecule has 1 amide bonds. The van der Waals surface area contributed by atoms with E-state index in [1.54, 1.807) is 0 Å². The Kier molecular flexibility index (Phi) is 3.22. The fourth-order valence-corrected chi connectivity index (χ4v) is 3.84. The molecule has 2 aromatic rings. The molecule has 2 saturated heterocycles. The Morgan fingerprint density at radius 3 is 3.00 bits per heavy atom. The first-order valence-corrected chi connectivity index (χ1v) is 8.08. The highest BCUT2D eigenvalue weighted by Gasteiger charge is 2.47. The molecule has 0 aliphatic carbocycles. The maximum Gasteiger partial charge on any atom is 0.223 e. The summed E-state index contributed by atoms with van der Waals surface area (Å²) in [7, 11) is 0. The van der Waals surface area contributed by atoms with E-state index in [9.17, 15) is 4.79 Å². The van der Waals surface area contributed by atoms with Crippen molar-refractivity contribution in [1.29, 1.82) is 0 Å². The van der Waals surface area contributed by atoms with Gasteiger partial charge >= 0.3 is 0 Å². The van der Waals surface area contributed by atoms with Gasteiger partial charge in [0.2, 0.25) is 5.91 Å². The van der Waals surface area contributed by atoms with Crippen molar-refractivity contribution >= 4 is 16.8 Å². The monoisotopic (exact) mass is 298 g/mol. The second-order valence-electron chi connectivity index (χ2n) is 6.95. The van der Waals surface area contributed by atoms with E-state index in [1.807, 2.05) is 23.2 Å². The minimum absolute atomic E-state index is 0.236. The normalized spacial score (nSPS) is 21.2. The predicted molar refractivity (Wildman–Crippen MR) is 85.8 cm³/mol. The molecule has 4 rings (SSSR count). The van der Waals surface area contributed by atoms with Crippen molar-refractivity contribution < 1.29 is 9.53 Å². The smallest absolute Gasteiger partial charge is 0.223 e. The summed E-state index contributed by atoms with van der Waals surface area (Å²) in [6.45, 7) is 5.59. The molecule has 2 fully saturated rings. The van der Waals surface area contributed by atoms with Crippen LogP contribution in [0.15, 0.2) is 30.5 Å². The molecule has 0 bridgehead atoms. The Balaban J connectivity index is 1.42. The summed E-state index contributed by atoms with van der Waals surface area (Å²) >= 11 is 0. The Morgan fingerprint density at radius 1 is 1.41 bits per heavy atom. The highest BCUT2D eigenvalue weighted by molar-refractivity contribution is 5.85. The molecule has 2 aliphatic heterocycles. The zero-order valence-electron chi connectivity index (χ0n) is 13.0. The topological polar surface area (TPSA) is 45.3 Å². The lowest BCUT2D eigenvalue weighted by atomic mass is 9.79. The van der Waals surface area contributed by atoms with Crippen LogP contribution in [0.2, 0.25) is 0 Å². The molecule has 1 aromatic heterocycles. The molecule has 1 aromatic carbocycles. The Bertz CT molecular complexity index is 692. The van der Waals surface area contributed by atoms with E-state index < -0.39 is 0 Å². The van der Waals surface area contributed by atoms with Crippen molar-refractivity contribution in [2.24, 2.45) is 5.41 Å². The lowest BCUT2D eigenvalue weighted by Gasteiger charge is -2.47. The van der Waals surface area contributed by atoms with Crippen LogP contribution in [0.4, 0.5) is 0 Å². The number of rotatable bonds is 3. The van der Waals surface area contributed by atoms with Gasteiger partial charge in [-0.15, -0.1) is 0 Å². The van der Waals surface area contributed by atoms with Crippen molar-refractivity contribution in [3.8, 4) is 0 Å². The van der Waals surface area contributed by atoms with Crippen LogP contribution < -0.4 is 0 Å². The molecule has 3 heterocycles. The number of carbonyl (C=O) groups excluding carboxylic acids is 1. The number of hydrogen-bond acceptors (Lipinski definition) is 2. The molecule has 4 heteroatoms. The van der Waals surface area contributed by atoms with Gasteiger partial charge in [0.25, 0.3) is 0 Å². The van der Waals surface area contributed by atoms with E-state index in [1.165, 1.54) is 10.9 Å². The second kappa shape index (κ2) is 5.13. The fourth-order valence-electron chi connectivity index (χ4n) is 3.84. The van der Waals surface area contributed by atoms with Crippen LogP contribution in [-0.2, 0) is 9.53 Å². The minimum atomic E-state index is 0.236. The van der Waals surface area contributed by atoms with Crippen LogP contribution in [0.25, 0.3) is 10.9 Å². The molecule has 0 radical (unpaired) electrons. The number of aromatic nitrogens is 1. The number of nitrogens with one attached hydrogen (secondary N) is 1. The molecule has 2 aliphatic rings. The number of hydrogen-bond donors (Lipinski definition) is 1. The highest BCUT2D eigenvalue weighted by Crippen LogP contribution is 2.39. The minimum Gasteiger partial charge on any atom is -0.381 e. The number of aromatic amines is 1. The standard InChI is InChI=1S/C18H22N2O2/c1-13(15-9-19-16-5-3-2-4-14(15)16)8-17(21)20-10-18(11-20)6-7-22-12-18/h2-5,9,13,19H,6-8,10-12H2,1H3. The lowest BCUT2D eigenvalue weighted by molar-refractivity contribution is -0.143. The van der Waals surface area contributed by atoms with Crippen LogP contribution in [0.5, 0.6) is 0 Å². The summed E-state index contributed by atoms with van der Waals surface area (Å²) in [5.41, 5.74) is 2.66. The van der Waals surface area contributed by atoms with Gasteiger partial charge in [-0.25, -0.2) is 0 Å². The maximum absolute atomic E-state index is 12.5. The van der Waals surface area contributed by atoms with E-state index in [0.717, 1.165) is 38.2 Å². The molecule has 22 heavy (non-hydrogen) atoms. The largest absolute Gasteiger partial charge is 0.381 e. The molecule has 1 unspecified atom stereocenters. The third kappa shape index (κ3) is 2.22. The van der Waals surface area contributed by atoms with Crippen molar-refractivity contribution in [3.05, 3.63) is 36.0 Å². The van der Waals surface area contributed by atoms with Crippen LogP contribution in [-0.4, -0.2) is 42.1 Å². The number of H-pyrrole nitrogens is 1. The molecule has 116 valence electrons. The van der Waals surface area contributed by atoms with E-state index in [2.05, 4.69) is 24.0 Å². The summed E-state index contributed by atoms with van der Waals surface area (Å²) in [6, 6.07) is 8.28. The number of fused-ring (bicyclic) bond motifs is 1. The third-order valence-electron chi connectivity index (χ3n) is 5.22. The van der Waals surface area contributed by atoms with Gasteiger partial charge in [-0.1, -0.05) is 25.1 Å². The zero-order valence-corrected chi connectivity index (χ0v) is 13.0. The van der Waals surface area contributed by atoms with Crippen LogP contribution in [0, 0.1) is 5.41 Å². The molecule has 4 nitrogen and oxygen atoms in total. The number of nitrogens with zero attached hydrogens (tertiary/aromatic N) is 1. The van der Waals surface area contributed by atoms with Crippen molar-refractivity contribution in [2.75, 3.05) is 26.3 Å². The molecule has 0 saturated carbocycles. The zero-order chi connectivity index (χ0) is 15.2. The molecule has 1 atom stereocenters. The fraction of sp³-hybridized carbons (Fsp3) is 0.500. The number of benzene rings is 1. The first-order valence-electron chi connectivity index (χ1n) is 8.08. The summed E-state index contributed by atoms with van der Waals surface area (Å²) in [4.78, 5) is 17.8. The van der Waals surface area contributed by atoms with E-state index in [4.69, 9.17) is 4.74 Å². The number of likely N-dealkylation sites (tertiary alicyclic amines) is 1. The maximum atomic E-state index is 12.5. The summed E-state index contributed by atoms with van der Waals surface area (Å²) in [6.07, 6.45) is 3.73. The van der Waals surface area contributed by atoms with E-state index in [0.29, 0.717) is 6.42 Å². The number of ether oxygens (including phenoxy) is 1. The molecule has 1 N–H and O–H groups in total. The summed E-state index contributed by atoms with van der Waals surface area (Å²) < 4.78 is 5.48. The number of para-hydroxylation sites is 1. The van der Waals surface area contributed by atoms with E-state index >= 15 is 0 Å². The van der Waals surface area contributed by atoms with Crippen LogP contribution >= 0.6 is 0 Å². The Morgan fingerprint density at radius 2 is 2.23 bits per heavy atom. The van der Waals surface area contributed by atoms with Gasteiger partial charge in [-0.05, 0) is 24.0 Å². The van der Waals surface area contributed by atoms with Gasteiger partial charge in [0, 0.05) is 48.6 Å². The van der Waals surface area contributed by atoms with Crippen molar-refractivity contribution in [3.63, 3.8) is 0 Å². The van der Waals surface area contributed by atoms with Crippen molar-refractivity contribution in [2.45, 2.75) is 25.7 Å². The average molecular weight is 298 g/mol. The summed E-state index contributed by atoms with van der Waals surface area (Å²) in [5, 5.41) is 1.23. The van der Waals surface area contributed by atoms with Gasteiger partial charge in [0.15, 0.2) is 0 Å². The van der Waals surface area contributed by atoms with Gasteiger partial charge in [0.05, 0.1) is 6.61 Å². The van der Waals surface area contributed by atoms with Gasteiger partial charge < -0.3 is 14.6 Å². The molecular formula is C18H22N2O2. The van der Waals surface area contributed by atoms with Gasteiger partial charge in [0.1, 0.15) is 0 Å². The van der Waals surface area contributed by atoms with Crippen LogP contribution in [0.3, 0.4) is 0 Å². The summed E-state index contributed by atoms with van der Waals surface area (Å²) in [5.74, 6) is 0.510. The van der Waals surface area contributed by atoms with Gasteiger partial charge in [-0.3, -0.25) is 4.79 Å². The third-order valence-corrected chi connectivity index (χ3v) is 5.22. The average Bonchev–Trinajstić information content (AvgIpc) is 3.12. The number of carbonyl (C=O) groups is 1. The van der Waals surface area contributed by atoms with Gasteiger partial charge in [-0.2, -0.15) is 0 Å². The highest BCUT2D eigenvalue weighted by atomic mass is 16.5. The number of amides is 1. The Hall–Kier alpha value is -1.81. The first-order chi connectivity index (χ1) is 10.7. The van der Waals surface area contributed by atoms with Crippen LogP contribution in [0.1, 0.15) is 31.2 Å². The SMILES string of the molecule is CC(CC(=O)N1CC2(CCOC2)C1)c1c[nH]c2ccccc12. The first kappa shape index (κ1) is 13.8.